The van der Waals surface area contributed by atoms with Crippen molar-refractivity contribution in [2.45, 2.75) is 0 Å². The topological polar surface area (TPSA) is 48.3 Å². The Bertz CT molecular complexity index is 584. The summed E-state index contributed by atoms with van der Waals surface area (Å²) in [5.74, 6) is 0.716. The minimum Gasteiger partial charge on any atom is -0.497 e. The van der Waals surface area contributed by atoms with Crippen molar-refractivity contribution < 1.29 is 9.53 Å². The number of carbonyl (C=O) groups excluding carboxylic acids is 1. The van der Waals surface area contributed by atoms with E-state index in [1.807, 2.05) is 0 Å². The summed E-state index contributed by atoms with van der Waals surface area (Å²) in [4.78, 5) is 22.5. The predicted molar refractivity (Wildman–Crippen MR) is 64.0 cm³/mol. The molecular weight excluding hydrogens is 218 g/mol. The van der Waals surface area contributed by atoms with Crippen LogP contribution in [0.3, 0.4) is 0 Å². The third-order valence-electron chi connectivity index (χ3n) is 2.45. The second kappa shape index (κ2) is 4.65. The standard InChI is InChI=1S/C13H11NO3/c1-17-12-6-4-11(5-7-12)14-8-2-3-10(9-15)13(14)16/h2-9H,1H3. The van der Waals surface area contributed by atoms with Crippen LogP contribution >= 0.6 is 0 Å². The fraction of sp³-hybridized carbons (Fsp3) is 0.0769. The lowest BCUT2D eigenvalue weighted by molar-refractivity contribution is 0.112. The summed E-state index contributed by atoms with van der Waals surface area (Å²) in [6.07, 6.45) is 2.18. The number of benzene rings is 1. The van der Waals surface area contributed by atoms with E-state index >= 15 is 0 Å². The first-order valence-corrected chi connectivity index (χ1v) is 5.07. The number of carbonyl (C=O) groups is 1. The third kappa shape index (κ3) is 2.10. The number of hydrogen-bond donors (Lipinski definition) is 0. The molecule has 1 heterocycles. The average Bonchev–Trinajstić information content (AvgIpc) is 2.39. The molecule has 0 aliphatic rings. The van der Waals surface area contributed by atoms with Gasteiger partial charge in [-0.25, -0.2) is 0 Å². The molecule has 86 valence electrons. The Kier molecular flexibility index (Phi) is 3.05. The quantitative estimate of drug-likeness (QED) is 0.752. The first kappa shape index (κ1) is 11.1. The Morgan fingerprint density at radius 1 is 1.18 bits per heavy atom. The molecule has 0 N–H and O–H groups in total. The van der Waals surface area contributed by atoms with Crippen LogP contribution in [0.2, 0.25) is 0 Å². The molecule has 1 aromatic heterocycles. The van der Waals surface area contributed by atoms with Gasteiger partial charge >= 0.3 is 0 Å². The lowest BCUT2D eigenvalue weighted by Gasteiger charge is -2.06. The lowest BCUT2D eigenvalue weighted by Crippen LogP contribution is -2.20. The van der Waals surface area contributed by atoms with Crippen molar-refractivity contribution in [2.75, 3.05) is 7.11 Å². The number of rotatable bonds is 3. The van der Waals surface area contributed by atoms with E-state index in [-0.39, 0.29) is 11.1 Å². The molecule has 0 radical (unpaired) electrons. The highest BCUT2D eigenvalue weighted by Crippen LogP contribution is 2.13. The van der Waals surface area contributed by atoms with Crippen LogP contribution in [0.1, 0.15) is 10.4 Å². The fourth-order valence-corrected chi connectivity index (χ4v) is 1.55. The van der Waals surface area contributed by atoms with Crippen LogP contribution < -0.4 is 10.3 Å². The molecule has 0 aliphatic heterocycles. The molecule has 0 bridgehead atoms. The molecule has 0 aliphatic carbocycles. The molecule has 2 aromatic rings. The number of pyridine rings is 1. The van der Waals surface area contributed by atoms with Gasteiger partial charge in [-0.05, 0) is 36.4 Å². The zero-order valence-electron chi connectivity index (χ0n) is 9.29. The fourth-order valence-electron chi connectivity index (χ4n) is 1.55. The van der Waals surface area contributed by atoms with Gasteiger partial charge < -0.3 is 4.74 Å². The van der Waals surface area contributed by atoms with Gasteiger partial charge in [0.1, 0.15) is 5.75 Å². The first-order chi connectivity index (χ1) is 8.26. The van der Waals surface area contributed by atoms with Crippen molar-refractivity contribution in [1.29, 1.82) is 0 Å². The van der Waals surface area contributed by atoms with Gasteiger partial charge in [0.05, 0.1) is 12.7 Å². The molecule has 0 fully saturated rings. The molecule has 0 saturated carbocycles. The molecule has 0 unspecified atom stereocenters. The van der Waals surface area contributed by atoms with Crippen molar-refractivity contribution in [3.8, 4) is 11.4 Å². The van der Waals surface area contributed by atoms with Crippen LogP contribution in [-0.4, -0.2) is 18.0 Å². The molecule has 4 heteroatoms. The Balaban J connectivity index is 2.52. The van der Waals surface area contributed by atoms with E-state index in [0.717, 1.165) is 0 Å². The van der Waals surface area contributed by atoms with Crippen molar-refractivity contribution in [3.05, 3.63) is 58.5 Å². The molecule has 17 heavy (non-hydrogen) atoms. The van der Waals surface area contributed by atoms with Gasteiger partial charge in [-0.2, -0.15) is 0 Å². The molecule has 0 spiro atoms. The second-order valence-corrected chi connectivity index (χ2v) is 3.45. The Morgan fingerprint density at radius 3 is 2.47 bits per heavy atom. The second-order valence-electron chi connectivity index (χ2n) is 3.45. The van der Waals surface area contributed by atoms with Gasteiger partial charge in [0.15, 0.2) is 6.29 Å². The van der Waals surface area contributed by atoms with E-state index in [9.17, 15) is 9.59 Å². The minimum atomic E-state index is -0.326. The van der Waals surface area contributed by atoms with Gasteiger partial charge in [-0.1, -0.05) is 0 Å². The Labute approximate surface area is 98.1 Å². The average molecular weight is 229 g/mol. The summed E-state index contributed by atoms with van der Waals surface area (Å²) >= 11 is 0. The summed E-state index contributed by atoms with van der Waals surface area (Å²) in [5.41, 5.74) is 0.510. The van der Waals surface area contributed by atoms with Crippen LogP contribution in [0, 0.1) is 0 Å². The van der Waals surface area contributed by atoms with Crippen molar-refractivity contribution in [1.82, 2.24) is 4.57 Å². The van der Waals surface area contributed by atoms with E-state index in [4.69, 9.17) is 4.74 Å². The van der Waals surface area contributed by atoms with Crippen molar-refractivity contribution >= 4 is 6.29 Å². The Hall–Kier alpha value is -2.36. The van der Waals surface area contributed by atoms with Crippen LogP contribution in [0.25, 0.3) is 5.69 Å². The van der Waals surface area contributed by atoms with E-state index in [0.29, 0.717) is 17.7 Å². The molecule has 0 atom stereocenters. The summed E-state index contributed by atoms with van der Waals surface area (Å²) in [6, 6.07) is 10.2. The molecule has 0 saturated heterocycles. The molecule has 0 amide bonds. The van der Waals surface area contributed by atoms with E-state index < -0.39 is 0 Å². The number of hydrogen-bond acceptors (Lipinski definition) is 3. The molecule has 1 aromatic carbocycles. The maximum Gasteiger partial charge on any atom is 0.265 e. The van der Waals surface area contributed by atoms with Gasteiger partial charge in [-0.3, -0.25) is 14.2 Å². The lowest BCUT2D eigenvalue weighted by atomic mass is 10.2. The maximum atomic E-state index is 11.9. The van der Waals surface area contributed by atoms with Crippen molar-refractivity contribution in [3.63, 3.8) is 0 Å². The highest BCUT2D eigenvalue weighted by molar-refractivity contribution is 5.74. The molecule has 4 nitrogen and oxygen atoms in total. The molecular formula is C13H11NO3. The monoisotopic (exact) mass is 229 g/mol. The number of aldehydes is 1. The van der Waals surface area contributed by atoms with Crippen LogP contribution in [0.15, 0.2) is 47.4 Å². The van der Waals surface area contributed by atoms with E-state index in [1.54, 1.807) is 43.6 Å². The van der Waals surface area contributed by atoms with Gasteiger partial charge in [-0.15, -0.1) is 0 Å². The number of ether oxygens (including phenoxy) is 1. The number of aromatic nitrogens is 1. The first-order valence-electron chi connectivity index (χ1n) is 5.07. The van der Waals surface area contributed by atoms with E-state index in [2.05, 4.69) is 0 Å². The highest BCUT2D eigenvalue weighted by Gasteiger charge is 2.03. The summed E-state index contributed by atoms with van der Waals surface area (Å²) in [7, 11) is 1.58. The zero-order chi connectivity index (χ0) is 12.3. The number of methoxy groups -OCH3 is 1. The van der Waals surface area contributed by atoms with Crippen LogP contribution in [0.4, 0.5) is 0 Å². The smallest absolute Gasteiger partial charge is 0.265 e. The number of nitrogens with zero attached hydrogens (tertiary/aromatic N) is 1. The highest BCUT2D eigenvalue weighted by atomic mass is 16.5. The predicted octanol–water partition coefficient (Wildman–Crippen LogP) is 1.66. The van der Waals surface area contributed by atoms with Crippen LogP contribution in [-0.2, 0) is 0 Å². The van der Waals surface area contributed by atoms with Crippen LogP contribution in [0.5, 0.6) is 5.75 Å². The third-order valence-corrected chi connectivity index (χ3v) is 2.45. The van der Waals surface area contributed by atoms with Gasteiger partial charge in [0, 0.05) is 11.9 Å². The summed E-state index contributed by atoms with van der Waals surface area (Å²) < 4.78 is 6.46. The SMILES string of the molecule is COc1ccc(-n2cccc(C=O)c2=O)cc1. The maximum absolute atomic E-state index is 11.9. The largest absolute Gasteiger partial charge is 0.497 e. The molecule has 2 rings (SSSR count). The zero-order valence-corrected chi connectivity index (χ0v) is 9.29. The van der Waals surface area contributed by atoms with Gasteiger partial charge in [0.2, 0.25) is 0 Å². The summed E-state index contributed by atoms with van der Waals surface area (Å²) in [5, 5.41) is 0. The normalized spacial score (nSPS) is 9.94. The summed E-state index contributed by atoms with van der Waals surface area (Å²) in [6.45, 7) is 0. The Morgan fingerprint density at radius 2 is 1.88 bits per heavy atom. The van der Waals surface area contributed by atoms with Crippen molar-refractivity contribution in [2.24, 2.45) is 0 Å². The minimum absolute atomic E-state index is 0.142. The van der Waals surface area contributed by atoms with Gasteiger partial charge in [0.25, 0.3) is 5.56 Å². The van der Waals surface area contributed by atoms with E-state index in [1.165, 1.54) is 10.6 Å².